The van der Waals surface area contributed by atoms with Crippen LogP contribution in [0.3, 0.4) is 0 Å². The maximum absolute atomic E-state index is 9.13. The van der Waals surface area contributed by atoms with Crippen LogP contribution in [0.5, 0.6) is 0 Å². The van der Waals surface area contributed by atoms with Gasteiger partial charge in [0.05, 0.1) is 11.3 Å². The molecule has 74 valence electrons. The summed E-state index contributed by atoms with van der Waals surface area (Å²) >= 11 is 0. The molecule has 0 spiro atoms. The van der Waals surface area contributed by atoms with Gasteiger partial charge in [-0.15, -0.1) is 0 Å². The Kier molecular flexibility index (Phi) is 2.70. The van der Waals surface area contributed by atoms with Gasteiger partial charge < -0.3 is 14.9 Å². The van der Waals surface area contributed by atoms with E-state index >= 15 is 0 Å². The number of hydrogen-bond donors (Lipinski definition) is 2. The molecule has 0 aromatic carbocycles. The van der Waals surface area contributed by atoms with E-state index in [4.69, 9.17) is 10.0 Å². The molecule has 0 unspecified atom stereocenters. The molecule has 0 saturated carbocycles. The Hall–Kier alpha value is -1.07. The van der Waals surface area contributed by atoms with Gasteiger partial charge in [-0.05, 0) is 25.0 Å². The summed E-state index contributed by atoms with van der Waals surface area (Å²) in [6.07, 6.45) is 3.90. The molecule has 2 heterocycles. The van der Waals surface area contributed by atoms with E-state index in [2.05, 4.69) is 9.88 Å². The summed E-state index contributed by atoms with van der Waals surface area (Å²) in [6, 6.07) is 3.70. The quantitative estimate of drug-likeness (QED) is 0.612. The zero-order chi connectivity index (χ0) is 9.97. The zero-order valence-corrected chi connectivity index (χ0v) is 7.93. The summed E-state index contributed by atoms with van der Waals surface area (Å²) in [6.45, 7) is 1.96. The second-order valence-corrected chi connectivity index (χ2v) is 3.48. The summed E-state index contributed by atoms with van der Waals surface area (Å²) in [7, 11) is -1.48. The molecule has 1 aromatic rings. The Morgan fingerprint density at radius 2 is 2.00 bits per heavy atom. The molecule has 0 radical (unpaired) electrons. The highest BCUT2D eigenvalue weighted by atomic mass is 16.4. The summed E-state index contributed by atoms with van der Waals surface area (Å²) in [4.78, 5) is 6.12. The molecular formula is C9H13BN2O2. The fourth-order valence-electron chi connectivity index (χ4n) is 1.83. The van der Waals surface area contributed by atoms with E-state index < -0.39 is 7.12 Å². The fraction of sp³-hybridized carbons (Fsp3) is 0.444. The van der Waals surface area contributed by atoms with Gasteiger partial charge in [-0.25, -0.2) is 0 Å². The van der Waals surface area contributed by atoms with Crippen LogP contribution in [0.2, 0.25) is 0 Å². The number of rotatable bonds is 2. The minimum atomic E-state index is -1.48. The second kappa shape index (κ2) is 3.98. The third kappa shape index (κ3) is 1.74. The van der Waals surface area contributed by atoms with Crippen molar-refractivity contribution in [1.82, 2.24) is 4.98 Å². The van der Waals surface area contributed by atoms with Crippen molar-refractivity contribution in [1.29, 1.82) is 0 Å². The molecule has 0 bridgehead atoms. The van der Waals surface area contributed by atoms with Crippen LogP contribution in [0.15, 0.2) is 18.3 Å². The third-order valence-corrected chi connectivity index (χ3v) is 2.51. The number of nitrogens with zero attached hydrogens (tertiary/aromatic N) is 2. The highest BCUT2D eigenvalue weighted by Gasteiger charge is 2.22. The SMILES string of the molecule is OB(O)c1ncccc1N1CCCC1. The lowest BCUT2D eigenvalue weighted by atomic mass is 9.84. The van der Waals surface area contributed by atoms with Crippen LogP contribution in [0.25, 0.3) is 0 Å². The van der Waals surface area contributed by atoms with E-state index in [1.165, 1.54) is 0 Å². The third-order valence-electron chi connectivity index (χ3n) is 2.51. The van der Waals surface area contributed by atoms with Crippen molar-refractivity contribution in [3.63, 3.8) is 0 Å². The van der Waals surface area contributed by atoms with Crippen LogP contribution in [-0.4, -0.2) is 35.2 Å². The lowest BCUT2D eigenvalue weighted by Gasteiger charge is -2.19. The minimum Gasteiger partial charge on any atom is -0.422 e. The normalized spacial score (nSPS) is 16.0. The molecule has 1 aliphatic rings. The topological polar surface area (TPSA) is 56.6 Å². The van der Waals surface area contributed by atoms with Crippen LogP contribution in [0.1, 0.15) is 12.8 Å². The fourth-order valence-corrected chi connectivity index (χ4v) is 1.83. The molecule has 0 amide bonds. The Bertz CT molecular complexity index is 313. The molecular weight excluding hydrogens is 179 g/mol. The van der Waals surface area contributed by atoms with E-state index in [0.717, 1.165) is 31.6 Å². The Balaban J connectivity index is 2.30. The molecule has 5 heteroatoms. The van der Waals surface area contributed by atoms with Crippen LogP contribution in [0.4, 0.5) is 5.69 Å². The van der Waals surface area contributed by atoms with Gasteiger partial charge in [-0.3, -0.25) is 4.98 Å². The minimum absolute atomic E-state index is 0.356. The summed E-state index contributed by atoms with van der Waals surface area (Å²) in [5.41, 5.74) is 1.20. The first kappa shape index (κ1) is 9.49. The molecule has 0 aliphatic carbocycles. The first-order chi connectivity index (χ1) is 6.79. The smallest absolute Gasteiger partial charge is 0.422 e. The van der Waals surface area contributed by atoms with Gasteiger partial charge in [0, 0.05) is 19.3 Å². The van der Waals surface area contributed by atoms with Gasteiger partial charge in [-0.2, -0.15) is 0 Å². The zero-order valence-electron chi connectivity index (χ0n) is 7.93. The highest BCUT2D eigenvalue weighted by Crippen LogP contribution is 2.16. The number of aromatic nitrogens is 1. The summed E-state index contributed by atoms with van der Waals surface area (Å²) < 4.78 is 0. The van der Waals surface area contributed by atoms with E-state index in [0.29, 0.717) is 5.59 Å². The lowest BCUT2D eigenvalue weighted by molar-refractivity contribution is 0.424. The first-order valence-electron chi connectivity index (χ1n) is 4.85. The van der Waals surface area contributed by atoms with Gasteiger partial charge in [-0.1, -0.05) is 0 Å². The van der Waals surface area contributed by atoms with Gasteiger partial charge in [0.2, 0.25) is 0 Å². The van der Waals surface area contributed by atoms with Crippen molar-refractivity contribution < 1.29 is 10.0 Å². The predicted octanol–water partition coefficient (Wildman–Crippen LogP) is -0.638. The van der Waals surface area contributed by atoms with Gasteiger partial charge >= 0.3 is 7.12 Å². The van der Waals surface area contributed by atoms with Crippen LogP contribution in [-0.2, 0) is 0 Å². The molecule has 1 aromatic heterocycles. The van der Waals surface area contributed by atoms with Gasteiger partial charge in [0.15, 0.2) is 0 Å². The number of anilines is 1. The lowest BCUT2D eigenvalue weighted by Crippen LogP contribution is -2.38. The van der Waals surface area contributed by atoms with E-state index in [9.17, 15) is 0 Å². The average Bonchev–Trinajstić information content (AvgIpc) is 2.70. The molecule has 2 rings (SSSR count). The Morgan fingerprint density at radius 1 is 1.29 bits per heavy atom. The monoisotopic (exact) mass is 192 g/mol. The summed E-state index contributed by atoms with van der Waals surface area (Å²) in [5, 5.41) is 18.3. The predicted molar refractivity (Wildman–Crippen MR) is 55.5 cm³/mol. The van der Waals surface area contributed by atoms with E-state index in [1.54, 1.807) is 6.20 Å². The molecule has 1 saturated heterocycles. The van der Waals surface area contributed by atoms with Crippen LogP contribution >= 0.6 is 0 Å². The van der Waals surface area contributed by atoms with Crippen molar-refractivity contribution in [3.05, 3.63) is 18.3 Å². The van der Waals surface area contributed by atoms with Gasteiger partial charge in [0.1, 0.15) is 0 Å². The molecule has 2 N–H and O–H groups in total. The van der Waals surface area contributed by atoms with E-state index in [1.807, 2.05) is 12.1 Å². The molecule has 1 fully saturated rings. The van der Waals surface area contributed by atoms with Crippen molar-refractivity contribution in [2.75, 3.05) is 18.0 Å². The Morgan fingerprint density at radius 3 is 2.64 bits per heavy atom. The number of hydrogen-bond acceptors (Lipinski definition) is 4. The molecule has 0 atom stereocenters. The number of pyridine rings is 1. The van der Waals surface area contributed by atoms with Crippen molar-refractivity contribution in [2.45, 2.75) is 12.8 Å². The van der Waals surface area contributed by atoms with Gasteiger partial charge in [0.25, 0.3) is 0 Å². The molecule has 1 aliphatic heterocycles. The Labute approximate surface area is 83.3 Å². The second-order valence-electron chi connectivity index (χ2n) is 3.48. The van der Waals surface area contributed by atoms with E-state index in [-0.39, 0.29) is 0 Å². The van der Waals surface area contributed by atoms with Crippen molar-refractivity contribution in [3.8, 4) is 0 Å². The average molecular weight is 192 g/mol. The van der Waals surface area contributed by atoms with Crippen LogP contribution in [0, 0.1) is 0 Å². The first-order valence-corrected chi connectivity index (χ1v) is 4.85. The molecule has 4 nitrogen and oxygen atoms in total. The maximum Gasteiger partial charge on any atom is 0.510 e. The molecule has 14 heavy (non-hydrogen) atoms. The standard InChI is InChI=1S/C9H13BN2O2/c13-10(14)9-8(4-3-5-11-9)12-6-1-2-7-12/h3-5,13-14H,1-2,6-7H2. The maximum atomic E-state index is 9.13. The van der Waals surface area contributed by atoms with Crippen LogP contribution < -0.4 is 10.5 Å². The largest absolute Gasteiger partial charge is 0.510 e. The summed E-state index contributed by atoms with van der Waals surface area (Å²) in [5.74, 6) is 0. The highest BCUT2D eigenvalue weighted by molar-refractivity contribution is 6.59. The van der Waals surface area contributed by atoms with Crippen molar-refractivity contribution >= 4 is 18.4 Å². The van der Waals surface area contributed by atoms with Crippen molar-refractivity contribution in [2.24, 2.45) is 0 Å².